The van der Waals surface area contributed by atoms with Gasteiger partial charge in [-0.05, 0) is 37.3 Å². The predicted octanol–water partition coefficient (Wildman–Crippen LogP) is 2.81. The maximum Gasteiger partial charge on any atom is 0.244 e. The number of benzene rings is 2. The number of hydrogen-bond acceptors (Lipinski definition) is 5. The minimum absolute atomic E-state index is 0.0457. The highest BCUT2D eigenvalue weighted by molar-refractivity contribution is 7.92. The van der Waals surface area contributed by atoms with Gasteiger partial charge in [0.2, 0.25) is 26.0 Å². The average molecular weight is 484 g/mol. The number of anilines is 2. The number of carbonyl (C=O) groups is 1. The SMILES string of the molecule is C[C@H](NS(=O)(=O)c1c(Cl)cccc1Cl)C(=O)Nc1ccc(F)c(NS(C)(=O)=O)c1. The molecular weight excluding hydrogens is 468 g/mol. The summed E-state index contributed by atoms with van der Waals surface area (Å²) in [5.74, 6) is -1.63. The molecule has 8 nitrogen and oxygen atoms in total. The summed E-state index contributed by atoms with van der Waals surface area (Å²) in [4.78, 5) is 12.0. The summed E-state index contributed by atoms with van der Waals surface area (Å²) in [5, 5.41) is 2.13. The van der Waals surface area contributed by atoms with Crippen molar-refractivity contribution < 1.29 is 26.0 Å². The van der Waals surface area contributed by atoms with Crippen LogP contribution in [0.2, 0.25) is 10.0 Å². The van der Waals surface area contributed by atoms with Gasteiger partial charge in [-0.1, -0.05) is 29.3 Å². The molecule has 0 radical (unpaired) electrons. The molecule has 0 saturated carbocycles. The van der Waals surface area contributed by atoms with E-state index in [9.17, 15) is 26.0 Å². The summed E-state index contributed by atoms with van der Waals surface area (Å²) in [5.41, 5.74) is -0.328. The molecule has 158 valence electrons. The number of carbonyl (C=O) groups excluding carboxylic acids is 1. The van der Waals surface area contributed by atoms with Crippen LogP contribution in [0.25, 0.3) is 0 Å². The zero-order valence-corrected chi connectivity index (χ0v) is 18.2. The van der Waals surface area contributed by atoms with Gasteiger partial charge in [-0.15, -0.1) is 0 Å². The fraction of sp³-hybridized carbons (Fsp3) is 0.188. The Morgan fingerprint density at radius 3 is 2.21 bits per heavy atom. The normalized spacial score (nSPS) is 13.0. The highest BCUT2D eigenvalue weighted by Gasteiger charge is 2.26. The van der Waals surface area contributed by atoms with Crippen LogP contribution in [-0.2, 0) is 24.8 Å². The van der Waals surface area contributed by atoms with Crippen LogP contribution in [0.15, 0.2) is 41.3 Å². The van der Waals surface area contributed by atoms with Crippen molar-refractivity contribution in [1.82, 2.24) is 4.72 Å². The van der Waals surface area contributed by atoms with E-state index in [-0.39, 0.29) is 26.3 Å². The summed E-state index contributed by atoms with van der Waals surface area (Å²) < 4.78 is 65.4. The van der Waals surface area contributed by atoms with E-state index in [1.807, 2.05) is 4.72 Å². The van der Waals surface area contributed by atoms with Crippen LogP contribution in [0.3, 0.4) is 0 Å². The third kappa shape index (κ3) is 6.28. The molecule has 0 spiro atoms. The lowest BCUT2D eigenvalue weighted by Crippen LogP contribution is -2.41. The maximum atomic E-state index is 13.7. The Hall–Kier alpha value is -1.92. The van der Waals surface area contributed by atoms with Crippen LogP contribution in [-0.4, -0.2) is 35.0 Å². The molecule has 0 saturated heterocycles. The topological polar surface area (TPSA) is 121 Å². The third-order valence-corrected chi connectivity index (χ3v) is 6.53. The fourth-order valence-corrected chi connectivity index (χ4v) is 5.12. The lowest BCUT2D eigenvalue weighted by atomic mass is 10.2. The van der Waals surface area contributed by atoms with Gasteiger partial charge in [0.25, 0.3) is 0 Å². The minimum Gasteiger partial charge on any atom is -0.325 e. The Kier molecular flexibility index (Phi) is 7.12. The van der Waals surface area contributed by atoms with E-state index in [0.717, 1.165) is 18.4 Å². The largest absolute Gasteiger partial charge is 0.325 e. The van der Waals surface area contributed by atoms with Crippen molar-refractivity contribution in [1.29, 1.82) is 0 Å². The average Bonchev–Trinajstić information content (AvgIpc) is 2.55. The Morgan fingerprint density at radius 2 is 1.66 bits per heavy atom. The first-order valence-electron chi connectivity index (χ1n) is 7.85. The van der Waals surface area contributed by atoms with E-state index in [1.165, 1.54) is 31.2 Å². The van der Waals surface area contributed by atoms with Gasteiger partial charge in [0.05, 0.1) is 28.0 Å². The molecule has 0 heterocycles. The van der Waals surface area contributed by atoms with E-state index in [2.05, 4.69) is 10.0 Å². The molecule has 0 bridgehead atoms. The second-order valence-electron chi connectivity index (χ2n) is 5.95. The standard InChI is InChI=1S/C16H16Cl2FN3O5S2/c1-9(21-29(26,27)15-11(17)4-3-5-12(15)18)16(23)20-10-6-7-13(19)14(8-10)22-28(2,24)25/h3-9,21-22H,1-2H3,(H,20,23)/t9-/m0/s1. The Bertz CT molecular complexity index is 1140. The summed E-state index contributed by atoms with van der Waals surface area (Å²) in [6.07, 6.45) is 0.842. The molecule has 2 rings (SSSR count). The first-order chi connectivity index (χ1) is 13.3. The molecule has 0 aromatic heterocycles. The predicted molar refractivity (Wildman–Crippen MR) is 110 cm³/mol. The molecule has 1 atom stereocenters. The van der Waals surface area contributed by atoms with Gasteiger partial charge in [-0.2, -0.15) is 4.72 Å². The highest BCUT2D eigenvalue weighted by Crippen LogP contribution is 2.29. The second kappa shape index (κ2) is 8.84. The monoisotopic (exact) mass is 483 g/mol. The van der Waals surface area contributed by atoms with Crippen LogP contribution in [0, 0.1) is 5.82 Å². The van der Waals surface area contributed by atoms with Gasteiger partial charge in [0, 0.05) is 5.69 Å². The molecule has 0 aliphatic carbocycles. The van der Waals surface area contributed by atoms with Crippen molar-refractivity contribution in [2.24, 2.45) is 0 Å². The number of hydrogen-bond donors (Lipinski definition) is 3. The Morgan fingerprint density at radius 1 is 1.07 bits per heavy atom. The minimum atomic E-state index is -4.22. The summed E-state index contributed by atoms with van der Waals surface area (Å²) in [7, 11) is -7.97. The van der Waals surface area contributed by atoms with E-state index in [0.29, 0.717) is 0 Å². The molecule has 13 heteroatoms. The Balaban J connectivity index is 2.18. The lowest BCUT2D eigenvalue weighted by Gasteiger charge is -2.16. The second-order valence-corrected chi connectivity index (χ2v) is 10.2. The summed E-state index contributed by atoms with van der Waals surface area (Å²) in [6, 6.07) is 6.07. The number of halogens is 3. The van der Waals surface area contributed by atoms with Crippen LogP contribution in [0.1, 0.15) is 6.92 Å². The molecule has 0 fully saturated rings. The van der Waals surface area contributed by atoms with Crippen LogP contribution in [0.4, 0.5) is 15.8 Å². The first kappa shape index (κ1) is 23.4. The van der Waals surface area contributed by atoms with E-state index in [1.54, 1.807) is 0 Å². The quantitative estimate of drug-likeness (QED) is 0.558. The van der Waals surface area contributed by atoms with Gasteiger partial charge in [-0.3, -0.25) is 9.52 Å². The number of amides is 1. The number of nitrogens with one attached hydrogen (secondary N) is 3. The summed E-state index contributed by atoms with van der Waals surface area (Å²) >= 11 is 11.8. The molecule has 0 unspecified atom stereocenters. The van der Waals surface area contributed by atoms with Gasteiger partial charge < -0.3 is 5.32 Å². The van der Waals surface area contributed by atoms with Crippen LogP contribution < -0.4 is 14.8 Å². The number of sulfonamides is 2. The molecule has 29 heavy (non-hydrogen) atoms. The van der Waals surface area contributed by atoms with E-state index in [4.69, 9.17) is 23.2 Å². The fourth-order valence-electron chi connectivity index (χ4n) is 2.22. The Labute approximate surface area is 177 Å². The van der Waals surface area contributed by atoms with Crippen molar-refractivity contribution in [3.05, 3.63) is 52.3 Å². The van der Waals surface area contributed by atoms with Gasteiger partial charge >= 0.3 is 0 Å². The molecule has 2 aromatic rings. The summed E-state index contributed by atoms with van der Waals surface area (Å²) in [6.45, 7) is 1.27. The molecule has 1 amide bonds. The zero-order valence-electron chi connectivity index (χ0n) is 15.0. The molecule has 2 aromatic carbocycles. The van der Waals surface area contributed by atoms with Crippen LogP contribution in [0.5, 0.6) is 0 Å². The lowest BCUT2D eigenvalue weighted by molar-refractivity contribution is -0.117. The van der Waals surface area contributed by atoms with Crippen molar-refractivity contribution in [2.45, 2.75) is 17.9 Å². The molecule has 3 N–H and O–H groups in total. The van der Waals surface area contributed by atoms with Gasteiger partial charge in [0.1, 0.15) is 10.7 Å². The van der Waals surface area contributed by atoms with E-state index >= 15 is 0 Å². The zero-order chi connectivity index (χ0) is 22.0. The third-order valence-electron chi connectivity index (χ3n) is 3.44. The van der Waals surface area contributed by atoms with Gasteiger partial charge in [-0.25, -0.2) is 21.2 Å². The van der Waals surface area contributed by atoms with Crippen molar-refractivity contribution in [3.8, 4) is 0 Å². The van der Waals surface area contributed by atoms with Gasteiger partial charge in [0.15, 0.2) is 0 Å². The molecule has 0 aliphatic heterocycles. The van der Waals surface area contributed by atoms with Crippen molar-refractivity contribution in [2.75, 3.05) is 16.3 Å². The number of rotatable bonds is 7. The van der Waals surface area contributed by atoms with Crippen LogP contribution >= 0.6 is 23.2 Å². The molecular formula is C16H16Cl2FN3O5S2. The smallest absolute Gasteiger partial charge is 0.244 e. The molecule has 0 aliphatic rings. The maximum absolute atomic E-state index is 13.7. The van der Waals surface area contributed by atoms with Crippen molar-refractivity contribution >= 4 is 60.5 Å². The van der Waals surface area contributed by atoms with E-state index < -0.39 is 37.8 Å². The highest BCUT2D eigenvalue weighted by atomic mass is 35.5. The first-order valence-corrected chi connectivity index (χ1v) is 12.0. The van der Waals surface area contributed by atoms with Crippen molar-refractivity contribution in [3.63, 3.8) is 0 Å².